The van der Waals surface area contributed by atoms with Crippen molar-refractivity contribution < 1.29 is 23.5 Å². The van der Waals surface area contributed by atoms with Crippen LogP contribution in [0.3, 0.4) is 0 Å². The van der Waals surface area contributed by atoms with E-state index in [0.29, 0.717) is 18.5 Å². The van der Waals surface area contributed by atoms with Crippen molar-refractivity contribution in [1.82, 2.24) is 4.90 Å². The molecule has 6 heteroatoms. The van der Waals surface area contributed by atoms with Crippen LogP contribution in [0.15, 0.2) is 18.2 Å². The van der Waals surface area contributed by atoms with Gasteiger partial charge in [-0.1, -0.05) is 6.07 Å². The number of nitrogens with zero attached hydrogens (tertiary/aromatic N) is 1. The van der Waals surface area contributed by atoms with E-state index in [1.807, 2.05) is 0 Å². The summed E-state index contributed by atoms with van der Waals surface area (Å²) in [5.41, 5.74) is 0.791. The highest BCUT2D eigenvalue weighted by atomic mass is 19.1. The zero-order valence-electron chi connectivity index (χ0n) is 15.5. The number of esters is 1. The van der Waals surface area contributed by atoms with Gasteiger partial charge < -0.3 is 14.4 Å². The lowest BCUT2D eigenvalue weighted by atomic mass is 9.91. The summed E-state index contributed by atoms with van der Waals surface area (Å²) in [6.07, 6.45) is 0.00699. The summed E-state index contributed by atoms with van der Waals surface area (Å²) in [4.78, 5) is 26.6. The summed E-state index contributed by atoms with van der Waals surface area (Å²) >= 11 is 0. The lowest BCUT2D eigenvalue weighted by molar-refractivity contribution is -0.148. The first-order valence-electron chi connectivity index (χ1n) is 8.56. The molecular formula is C19H26FNO4. The molecule has 1 aromatic rings. The highest BCUT2D eigenvalue weighted by Gasteiger charge is 2.44. The van der Waals surface area contributed by atoms with E-state index in [-0.39, 0.29) is 18.4 Å². The molecule has 1 saturated heterocycles. The third-order valence-electron chi connectivity index (χ3n) is 4.17. The van der Waals surface area contributed by atoms with Crippen molar-refractivity contribution >= 4 is 12.1 Å². The number of likely N-dealkylation sites (tertiary alicyclic amines) is 1. The second-order valence-electron chi connectivity index (χ2n) is 7.27. The van der Waals surface area contributed by atoms with Crippen molar-refractivity contribution in [1.29, 1.82) is 0 Å². The van der Waals surface area contributed by atoms with Gasteiger partial charge in [0.2, 0.25) is 0 Å². The molecule has 2 unspecified atom stereocenters. The van der Waals surface area contributed by atoms with Crippen LogP contribution in [-0.2, 0) is 14.3 Å². The molecule has 2 rings (SSSR count). The molecule has 0 aliphatic carbocycles. The third-order valence-corrected chi connectivity index (χ3v) is 4.17. The van der Waals surface area contributed by atoms with Crippen LogP contribution in [-0.4, -0.2) is 35.7 Å². The number of benzene rings is 1. The van der Waals surface area contributed by atoms with Crippen LogP contribution in [0.4, 0.5) is 9.18 Å². The lowest BCUT2D eigenvalue weighted by Crippen LogP contribution is -2.38. The molecule has 1 aliphatic rings. The minimum absolute atomic E-state index is 0.275. The Bertz CT molecular complexity index is 653. The molecule has 0 spiro atoms. The summed E-state index contributed by atoms with van der Waals surface area (Å²) in [5, 5.41) is 0. The van der Waals surface area contributed by atoms with Gasteiger partial charge >= 0.3 is 12.1 Å². The number of carbonyl (C=O) groups is 2. The molecule has 0 N–H and O–H groups in total. The number of rotatable bonds is 3. The lowest BCUT2D eigenvalue weighted by Gasteiger charge is -2.31. The molecule has 0 radical (unpaired) electrons. The monoisotopic (exact) mass is 351 g/mol. The quantitative estimate of drug-likeness (QED) is 0.773. The van der Waals surface area contributed by atoms with Crippen LogP contribution >= 0.6 is 0 Å². The summed E-state index contributed by atoms with van der Waals surface area (Å²) in [6, 6.07) is 3.86. The molecule has 1 heterocycles. The van der Waals surface area contributed by atoms with E-state index in [1.165, 1.54) is 12.1 Å². The van der Waals surface area contributed by atoms with E-state index in [0.717, 1.165) is 5.56 Å². The van der Waals surface area contributed by atoms with Gasteiger partial charge in [0.05, 0.1) is 18.6 Å². The Balaban J connectivity index is 2.39. The predicted molar refractivity (Wildman–Crippen MR) is 91.6 cm³/mol. The number of ether oxygens (including phenoxy) is 2. The zero-order valence-corrected chi connectivity index (χ0v) is 15.5. The first-order chi connectivity index (χ1) is 11.6. The Morgan fingerprint density at radius 3 is 2.56 bits per heavy atom. The SMILES string of the molecule is CCOC(=O)C1CCN(C(=O)OC(C)(C)C)C1c1ccc(F)cc1C. The molecule has 2 atom stereocenters. The van der Waals surface area contributed by atoms with E-state index in [1.54, 1.807) is 45.6 Å². The van der Waals surface area contributed by atoms with Crippen molar-refractivity contribution in [3.05, 3.63) is 35.1 Å². The number of amides is 1. The topological polar surface area (TPSA) is 55.8 Å². The minimum atomic E-state index is -0.637. The standard InChI is InChI=1S/C19H26FNO4/c1-6-24-17(22)15-9-10-21(18(23)25-19(3,4)5)16(15)14-8-7-13(20)11-12(14)2/h7-8,11,15-16H,6,9-10H2,1-5H3. The zero-order chi connectivity index (χ0) is 18.8. The second-order valence-corrected chi connectivity index (χ2v) is 7.27. The van der Waals surface area contributed by atoms with Gasteiger partial charge in [0.15, 0.2) is 0 Å². The maximum absolute atomic E-state index is 13.5. The van der Waals surface area contributed by atoms with Crippen molar-refractivity contribution in [3.63, 3.8) is 0 Å². The number of carbonyl (C=O) groups excluding carboxylic acids is 2. The Hall–Kier alpha value is -2.11. The van der Waals surface area contributed by atoms with Gasteiger partial charge in [0, 0.05) is 6.54 Å². The molecule has 0 aromatic heterocycles. The first kappa shape index (κ1) is 19.2. The minimum Gasteiger partial charge on any atom is -0.466 e. The van der Waals surface area contributed by atoms with Gasteiger partial charge in [-0.2, -0.15) is 0 Å². The van der Waals surface area contributed by atoms with Crippen LogP contribution in [0.1, 0.15) is 51.3 Å². The van der Waals surface area contributed by atoms with Gasteiger partial charge in [-0.3, -0.25) is 4.79 Å². The molecule has 1 aromatic carbocycles. The molecule has 0 bridgehead atoms. The summed E-state index contributed by atoms with van der Waals surface area (Å²) < 4.78 is 24.2. The van der Waals surface area contributed by atoms with Crippen LogP contribution in [0.2, 0.25) is 0 Å². The highest BCUT2D eigenvalue weighted by Crippen LogP contribution is 2.40. The summed E-state index contributed by atoms with van der Waals surface area (Å²) in [5.74, 6) is -1.19. The van der Waals surface area contributed by atoms with Crippen molar-refractivity contribution in [2.24, 2.45) is 5.92 Å². The first-order valence-corrected chi connectivity index (χ1v) is 8.56. The van der Waals surface area contributed by atoms with Gasteiger partial charge in [-0.05, 0) is 64.3 Å². The maximum Gasteiger partial charge on any atom is 0.410 e. The predicted octanol–water partition coefficient (Wildman–Crippen LogP) is 4.00. The second kappa shape index (κ2) is 7.42. The largest absolute Gasteiger partial charge is 0.466 e. The van der Waals surface area contributed by atoms with Gasteiger partial charge in [-0.15, -0.1) is 0 Å². The molecule has 5 nitrogen and oxygen atoms in total. The number of hydrogen-bond acceptors (Lipinski definition) is 4. The van der Waals surface area contributed by atoms with Crippen LogP contribution in [0.5, 0.6) is 0 Å². The van der Waals surface area contributed by atoms with E-state index >= 15 is 0 Å². The Kier molecular flexibility index (Phi) is 5.70. The maximum atomic E-state index is 13.5. The van der Waals surface area contributed by atoms with E-state index < -0.39 is 23.7 Å². The average molecular weight is 351 g/mol. The van der Waals surface area contributed by atoms with Crippen molar-refractivity contribution in [2.45, 2.75) is 52.7 Å². The fourth-order valence-electron chi connectivity index (χ4n) is 3.17. The van der Waals surface area contributed by atoms with Gasteiger partial charge in [0.1, 0.15) is 11.4 Å². The van der Waals surface area contributed by atoms with E-state index in [2.05, 4.69) is 0 Å². The highest BCUT2D eigenvalue weighted by molar-refractivity contribution is 5.77. The Morgan fingerprint density at radius 2 is 2.00 bits per heavy atom. The van der Waals surface area contributed by atoms with E-state index in [9.17, 15) is 14.0 Å². The Morgan fingerprint density at radius 1 is 1.32 bits per heavy atom. The average Bonchev–Trinajstić information content (AvgIpc) is 2.90. The molecule has 138 valence electrons. The smallest absolute Gasteiger partial charge is 0.410 e. The molecular weight excluding hydrogens is 325 g/mol. The Labute approximate surface area is 148 Å². The van der Waals surface area contributed by atoms with Crippen LogP contribution in [0.25, 0.3) is 0 Å². The van der Waals surface area contributed by atoms with E-state index in [4.69, 9.17) is 9.47 Å². The fraction of sp³-hybridized carbons (Fsp3) is 0.579. The van der Waals surface area contributed by atoms with Crippen molar-refractivity contribution in [2.75, 3.05) is 13.2 Å². The fourth-order valence-corrected chi connectivity index (χ4v) is 3.17. The molecule has 25 heavy (non-hydrogen) atoms. The van der Waals surface area contributed by atoms with Gasteiger partial charge in [-0.25, -0.2) is 9.18 Å². The van der Waals surface area contributed by atoms with Gasteiger partial charge in [0.25, 0.3) is 0 Å². The van der Waals surface area contributed by atoms with Crippen LogP contribution in [0, 0.1) is 18.7 Å². The summed E-state index contributed by atoms with van der Waals surface area (Å²) in [6.45, 7) is 9.56. The molecule has 1 amide bonds. The van der Waals surface area contributed by atoms with Crippen LogP contribution < -0.4 is 0 Å². The number of halogens is 1. The number of hydrogen-bond donors (Lipinski definition) is 0. The molecule has 1 aliphatic heterocycles. The normalized spacial score (nSPS) is 20.5. The van der Waals surface area contributed by atoms with Crippen molar-refractivity contribution in [3.8, 4) is 0 Å². The molecule has 1 fully saturated rings. The third kappa shape index (κ3) is 4.50. The summed E-state index contributed by atoms with van der Waals surface area (Å²) in [7, 11) is 0. The number of aryl methyl sites for hydroxylation is 1. The molecule has 0 saturated carbocycles.